The van der Waals surface area contributed by atoms with Gasteiger partial charge in [0, 0.05) is 23.8 Å². The predicted octanol–water partition coefficient (Wildman–Crippen LogP) is -0.502. The summed E-state index contributed by atoms with van der Waals surface area (Å²) in [6.45, 7) is 0. The Bertz CT molecular complexity index is 547. The zero-order valence-corrected chi connectivity index (χ0v) is 10.8. The second kappa shape index (κ2) is 6.72. The van der Waals surface area contributed by atoms with Crippen LogP contribution in [-0.4, -0.2) is 6.29 Å². The van der Waals surface area contributed by atoms with E-state index in [9.17, 15) is 4.79 Å². The molecule has 0 aliphatic carbocycles. The molecule has 0 aliphatic heterocycles. The standard InChI is InChI=1S/C15H14NO.ClH/c1-16-11-3-2-4-15(16)10-9-13-5-7-14(12-17)8-6-13;/h2-12H,1H3;1H/q+1;/p-1/b10-9+;. The first-order valence-electron chi connectivity index (χ1n) is 5.47. The second-order valence-electron chi connectivity index (χ2n) is 3.85. The normalized spacial score (nSPS) is 10.1. The summed E-state index contributed by atoms with van der Waals surface area (Å²) in [5.74, 6) is 0. The lowest BCUT2D eigenvalue weighted by molar-refractivity contribution is -0.673. The Morgan fingerprint density at radius 2 is 1.61 bits per heavy atom. The molecule has 2 rings (SSSR count). The van der Waals surface area contributed by atoms with Gasteiger partial charge in [0.25, 0.3) is 0 Å². The molecule has 92 valence electrons. The van der Waals surface area contributed by atoms with E-state index in [2.05, 4.69) is 16.7 Å². The number of aromatic nitrogens is 1. The summed E-state index contributed by atoms with van der Waals surface area (Å²) < 4.78 is 2.05. The summed E-state index contributed by atoms with van der Waals surface area (Å²) in [4.78, 5) is 10.5. The van der Waals surface area contributed by atoms with Gasteiger partial charge in [0.2, 0.25) is 5.69 Å². The summed E-state index contributed by atoms with van der Waals surface area (Å²) in [6.07, 6.45) is 6.94. The number of halogens is 1. The minimum Gasteiger partial charge on any atom is -1.00 e. The van der Waals surface area contributed by atoms with Crippen molar-refractivity contribution in [3.63, 3.8) is 0 Å². The summed E-state index contributed by atoms with van der Waals surface area (Å²) in [5, 5.41) is 0. The predicted molar refractivity (Wildman–Crippen MR) is 68.4 cm³/mol. The summed E-state index contributed by atoms with van der Waals surface area (Å²) >= 11 is 0. The molecular weight excluding hydrogens is 246 g/mol. The van der Waals surface area contributed by atoms with Gasteiger partial charge in [-0.2, -0.15) is 0 Å². The fraction of sp³-hybridized carbons (Fsp3) is 0.0667. The van der Waals surface area contributed by atoms with Gasteiger partial charge < -0.3 is 12.4 Å². The third kappa shape index (κ3) is 3.54. The van der Waals surface area contributed by atoms with Crippen molar-refractivity contribution in [2.75, 3.05) is 0 Å². The summed E-state index contributed by atoms with van der Waals surface area (Å²) in [7, 11) is 2.01. The molecule has 18 heavy (non-hydrogen) atoms. The number of aryl methyl sites for hydroxylation is 1. The Balaban J connectivity index is 0.00000162. The van der Waals surface area contributed by atoms with Crippen molar-refractivity contribution in [3.05, 3.63) is 65.5 Å². The van der Waals surface area contributed by atoms with E-state index in [1.165, 1.54) is 0 Å². The van der Waals surface area contributed by atoms with Crippen LogP contribution in [0.15, 0.2) is 48.7 Å². The van der Waals surface area contributed by atoms with Crippen molar-refractivity contribution >= 4 is 18.4 Å². The quantitative estimate of drug-likeness (QED) is 0.538. The van der Waals surface area contributed by atoms with Crippen LogP contribution in [0.25, 0.3) is 12.2 Å². The molecule has 2 nitrogen and oxygen atoms in total. The minimum atomic E-state index is 0. The molecular formula is C15H14ClNO. The van der Waals surface area contributed by atoms with E-state index in [1.807, 2.05) is 55.7 Å². The first-order chi connectivity index (χ1) is 8.29. The number of carbonyl (C=O) groups is 1. The molecule has 0 radical (unpaired) electrons. The van der Waals surface area contributed by atoms with Gasteiger partial charge in [-0.1, -0.05) is 24.3 Å². The maximum absolute atomic E-state index is 10.5. The zero-order chi connectivity index (χ0) is 12.1. The Kier molecular flexibility index (Phi) is 5.28. The Morgan fingerprint density at radius 3 is 2.22 bits per heavy atom. The van der Waals surface area contributed by atoms with Gasteiger partial charge in [0.05, 0.1) is 0 Å². The maximum Gasteiger partial charge on any atom is 0.204 e. The van der Waals surface area contributed by atoms with E-state index in [4.69, 9.17) is 0 Å². The smallest absolute Gasteiger partial charge is 0.204 e. The molecule has 1 aromatic heterocycles. The van der Waals surface area contributed by atoms with Gasteiger partial charge in [-0.3, -0.25) is 4.79 Å². The Morgan fingerprint density at radius 1 is 0.944 bits per heavy atom. The minimum absolute atomic E-state index is 0. The summed E-state index contributed by atoms with van der Waals surface area (Å²) in [6, 6.07) is 13.6. The van der Waals surface area contributed by atoms with Crippen LogP contribution in [0.4, 0.5) is 0 Å². The number of hydrogen-bond acceptors (Lipinski definition) is 1. The van der Waals surface area contributed by atoms with Crippen LogP contribution in [0.1, 0.15) is 21.6 Å². The highest BCUT2D eigenvalue weighted by atomic mass is 35.5. The highest BCUT2D eigenvalue weighted by Gasteiger charge is 1.98. The molecule has 0 saturated heterocycles. The number of pyridine rings is 1. The van der Waals surface area contributed by atoms with Crippen LogP contribution in [-0.2, 0) is 7.05 Å². The van der Waals surface area contributed by atoms with E-state index in [0.29, 0.717) is 5.56 Å². The molecule has 2 aromatic rings. The lowest BCUT2D eigenvalue weighted by Crippen LogP contribution is -3.00. The maximum atomic E-state index is 10.5. The molecule has 1 heterocycles. The van der Waals surface area contributed by atoms with Crippen molar-refractivity contribution in [2.24, 2.45) is 7.05 Å². The van der Waals surface area contributed by atoms with Crippen LogP contribution in [0, 0.1) is 0 Å². The first-order valence-corrected chi connectivity index (χ1v) is 5.47. The SMILES string of the molecule is C[n+]1ccccc1/C=C/c1ccc(C=O)cc1.[Cl-]. The van der Waals surface area contributed by atoms with E-state index in [-0.39, 0.29) is 12.4 Å². The third-order valence-corrected chi connectivity index (χ3v) is 2.61. The van der Waals surface area contributed by atoms with Crippen LogP contribution >= 0.6 is 0 Å². The Labute approximate surface area is 113 Å². The molecule has 1 aromatic carbocycles. The molecule has 0 saturated carbocycles. The highest BCUT2D eigenvalue weighted by Crippen LogP contribution is 2.06. The average Bonchev–Trinajstić information content (AvgIpc) is 2.38. The molecule has 0 N–H and O–H groups in total. The van der Waals surface area contributed by atoms with Gasteiger partial charge in [-0.25, -0.2) is 4.57 Å². The number of aldehydes is 1. The third-order valence-electron chi connectivity index (χ3n) is 2.61. The molecule has 0 aliphatic rings. The molecule has 0 amide bonds. The van der Waals surface area contributed by atoms with Gasteiger partial charge in [0.1, 0.15) is 13.3 Å². The molecule has 0 fully saturated rings. The largest absolute Gasteiger partial charge is 1.00 e. The monoisotopic (exact) mass is 259 g/mol. The van der Waals surface area contributed by atoms with Crippen molar-refractivity contribution in [1.29, 1.82) is 0 Å². The fourth-order valence-corrected chi connectivity index (χ4v) is 1.58. The van der Waals surface area contributed by atoms with E-state index < -0.39 is 0 Å². The summed E-state index contributed by atoms with van der Waals surface area (Å²) in [5.41, 5.74) is 2.92. The average molecular weight is 260 g/mol. The number of nitrogens with zero attached hydrogens (tertiary/aromatic N) is 1. The molecule has 0 atom stereocenters. The topological polar surface area (TPSA) is 20.9 Å². The van der Waals surface area contributed by atoms with Crippen molar-refractivity contribution in [2.45, 2.75) is 0 Å². The van der Waals surface area contributed by atoms with Crippen molar-refractivity contribution < 1.29 is 21.8 Å². The van der Waals surface area contributed by atoms with Crippen molar-refractivity contribution in [1.82, 2.24) is 0 Å². The Hall–Kier alpha value is -1.93. The zero-order valence-electron chi connectivity index (χ0n) is 10.1. The molecule has 0 unspecified atom stereocenters. The molecule has 0 spiro atoms. The fourth-order valence-electron chi connectivity index (χ4n) is 1.58. The second-order valence-corrected chi connectivity index (χ2v) is 3.85. The van der Waals surface area contributed by atoms with Gasteiger partial charge in [0.15, 0.2) is 6.20 Å². The van der Waals surface area contributed by atoms with E-state index in [1.54, 1.807) is 0 Å². The number of rotatable bonds is 3. The number of benzene rings is 1. The van der Waals surface area contributed by atoms with Crippen LogP contribution in [0.2, 0.25) is 0 Å². The van der Waals surface area contributed by atoms with Crippen LogP contribution in [0.3, 0.4) is 0 Å². The molecule has 0 bridgehead atoms. The van der Waals surface area contributed by atoms with Gasteiger partial charge in [-0.15, -0.1) is 0 Å². The lowest BCUT2D eigenvalue weighted by Gasteiger charge is -1.94. The number of hydrogen-bond donors (Lipinski definition) is 0. The highest BCUT2D eigenvalue weighted by molar-refractivity contribution is 5.76. The van der Waals surface area contributed by atoms with Gasteiger partial charge in [-0.05, 0) is 17.7 Å². The first kappa shape index (κ1) is 14.1. The lowest BCUT2D eigenvalue weighted by atomic mass is 10.1. The van der Waals surface area contributed by atoms with E-state index >= 15 is 0 Å². The van der Waals surface area contributed by atoms with Crippen LogP contribution < -0.4 is 17.0 Å². The van der Waals surface area contributed by atoms with Crippen molar-refractivity contribution in [3.8, 4) is 0 Å². The number of carbonyl (C=O) groups excluding carboxylic acids is 1. The van der Waals surface area contributed by atoms with Crippen LogP contribution in [0.5, 0.6) is 0 Å². The molecule has 3 heteroatoms. The van der Waals surface area contributed by atoms with E-state index in [0.717, 1.165) is 17.5 Å². The van der Waals surface area contributed by atoms with Gasteiger partial charge >= 0.3 is 0 Å².